The Hall–Kier alpha value is -3.07. The number of benzene rings is 1. The van der Waals surface area contributed by atoms with E-state index in [4.69, 9.17) is 0 Å². The average Bonchev–Trinajstić information content (AvgIpc) is 3.03. The summed E-state index contributed by atoms with van der Waals surface area (Å²) in [6.45, 7) is 1.90. The van der Waals surface area contributed by atoms with Crippen LogP contribution in [0.3, 0.4) is 0 Å². The smallest absolute Gasteiger partial charge is 0.269 e. The van der Waals surface area contributed by atoms with Crippen molar-refractivity contribution in [3.05, 3.63) is 63.6 Å². The maximum atomic E-state index is 13.3. The summed E-state index contributed by atoms with van der Waals surface area (Å²) in [5.41, 5.74) is 0.752. The number of hydrogen-bond acceptors (Lipinski definition) is 5. The molecular weight excluding hydrogens is 367 g/mol. The minimum absolute atomic E-state index is 0.0146. The maximum absolute atomic E-state index is 13.3. The summed E-state index contributed by atoms with van der Waals surface area (Å²) in [5.74, 6) is -1.58. The Kier molecular flexibility index (Phi) is 5.84. The first kappa shape index (κ1) is 19.7. The van der Waals surface area contributed by atoms with E-state index < -0.39 is 29.5 Å². The number of halogens is 1. The quantitative estimate of drug-likeness (QED) is 0.590. The fourth-order valence-corrected chi connectivity index (χ4v) is 3.27. The Morgan fingerprint density at radius 3 is 2.82 bits per heavy atom. The molecule has 3 atom stereocenters. The summed E-state index contributed by atoms with van der Waals surface area (Å²) >= 11 is 0. The van der Waals surface area contributed by atoms with Gasteiger partial charge in [0.2, 0.25) is 5.91 Å². The van der Waals surface area contributed by atoms with Crippen molar-refractivity contribution in [3.8, 4) is 0 Å². The van der Waals surface area contributed by atoms with Gasteiger partial charge in [-0.2, -0.15) is 0 Å². The number of H-pyrrole nitrogens is 1. The number of aryl methyl sites for hydroxylation is 1. The minimum atomic E-state index is -0.879. The Morgan fingerprint density at radius 2 is 2.11 bits per heavy atom. The molecule has 1 aliphatic rings. The highest BCUT2D eigenvalue weighted by atomic mass is 19.1. The molecule has 2 aromatic rings. The van der Waals surface area contributed by atoms with Crippen LogP contribution >= 0.6 is 0 Å². The largest absolute Gasteiger partial charge is 0.391 e. The van der Waals surface area contributed by atoms with Crippen molar-refractivity contribution in [1.29, 1.82) is 0 Å². The van der Waals surface area contributed by atoms with Gasteiger partial charge in [0.15, 0.2) is 0 Å². The molecule has 0 aliphatic heterocycles. The van der Waals surface area contributed by atoms with E-state index >= 15 is 0 Å². The molecule has 4 N–H and O–H groups in total. The highest BCUT2D eigenvalue weighted by molar-refractivity contribution is 5.92. The van der Waals surface area contributed by atoms with Crippen LogP contribution in [0, 0.1) is 18.7 Å². The summed E-state index contributed by atoms with van der Waals surface area (Å²) < 4.78 is 13.3. The lowest BCUT2D eigenvalue weighted by Crippen LogP contribution is -2.40. The topological polar surface area (TPSA) is 124 Å². The van der Waals surface area contributed by atoms with Gasteiger partial charge in [0.25, 0.3) is 11.5 Å². The van der Waals surface area contributed by atoms with Gasteiger partial charge < -0.3 is 20.7 Å². The third-order valence-electron chi connectivity index (χ3n) is 4.80. The fraction of sp³-hybridized carbons (Fsp3) is 0.368. The van der Waals surface area contributed by atoms with E-state index in [1.54, 1.807) is 19.1 Å². The summed E-state index contributed by atoms with van der Waals surface area (Å²) in [7, 11) is 0. The molecule has 1 heterocycles. The second-order valence-electron chi connectivity index (χ2n) is 6.93. The van der Waals surface area contributed by atoms with Crippen LogP contribution in [0.2, 0.25) is 0 Å². The molecule has 148 valence electrons. The summed E-state index contributed by atoms with van der Waals surface area (Å²) in [4.78, 5) is 41.8. The number of nitrogens with one attached hydrogen (secondary N) is 3. The van der Waals surface area contributed by atoms with E-state index in [1.807, 2.05) is 0 Å². The summed E-state index contributed by atoms with van der Waals surface area (Å²) in [6.07, 6.45) is 1.86. The van der Waals surface area contributed by atoms with Gasteiger partial charge in [-0.1, -0.05) is 12.1 Å². The molecule has 28 heavy (non-hydrogen) atoms. The van der Waals surface area contributed by atoms with Crippen molar-refractivity contribution in [2.45, 2.75) is 38.5 Å². The number of aromatic nitrogens is 2. The second kappa shape index (κ2) is 8.30. The van der Waals surface area contributed by atoms with Gasteiger partial charge >= 0.3 is 0 Å². The summed E-state index contributed by atoms with van der Waals surface area (Å²) in [6, 6.07) is 4.01. The first-order valence-electron chi connectivity index (χ1n) is 8.89. The van der Waals surface area contributed by atoms with Crippen LogP contribution in [0.25, 0.3) is 0 Å². The number of aliphatic hydroxyl groups excluding tert-OH is 1. The SMILES string of the molecule is Cc1cc(CNC(=O)[C@H]2C[C@H](NC(=O)c3cncc(=O)[nH]3)[C@@H](O)C2)ccc1F. The Labute approximate surface area is 160 Å². The Bertz CT molecular complexity index is 946. The number of amides is 2. The lowest BCUT2D eigenvalue weighted by molar-refractivity contribution is -0.125. The molecule has 1 aliphatic carbocycles. The first-order chi connectivity index (χ1) is 13.3. The lowest BCUT2D eigenvalue weighted by Gasteiger charge is -2.16. The van der Waals surface area contributed by atoms with Crippen LogP contribution in [0.4, 0.5) is 4.39 Å². The van der Waals surface area contributed by atoms with Gasteiger partial charge in [-0.25, -0.2) is 4.39 Å². The van der Waals surface area contributed by atoms with Crippen LogP contribution in [-0.2, 0) is 11.3 Å². The molecule has 1 fully saturated rings. The Balaban J connectivity index is 1.55. The highest BCUT2D eigenvalue weighted by Crippen LogP contribution is 2.26. The number of nitrogens with zero attached hydrogens (tertiary/aromatic N) is 1. The van der Waals surface area contributed by atoms with E-state index in [1.165, 1.54) is 12.3 Å². The molecule has 2 amide bonds. The molecular formula is C19H21FN4O4. The van der Waals surface area contributed by atoms with Crippen molar-refractivity contribution >= 4 is 11.8 Å². The molecule has 0 spiro atoms. The van der Waals surface area contributed by atoms with Gasteiger partial charge in [0.05, 0.1) is 24.5 Å². The average molecular weight is 388 g/mol. The predicted octanol–water partition coefficient (Wildman–Crippen LogP) is 0.403. The number of rotatable bonds is 5. The lowest BCUT2D eigenvalue weighted by atomic mass is 10.1. The fourth-order valence-electron chi connectivity index (χ4n) is 3.27. The molecule has 1 saturated carbocycles. The third-order valence-corrected chi connectivity index (χ3v) is 4.80. The Morgan fingerprint density at radius 1 is 1.32 bits per heavy atom. The number of aromatic amines is 1. The van der Waals surface area contributed by atoms with Crippen molar-refractivity contribution < 1.29 is 19.1 Å². The second-order valence-corrected chi connectivity index (χ2v) is 6.93. The maximum Gasteiger partial charge on any atom is 0.269 e. The van der Waals surface area contributed by atoms with Crippen molar-refractivity contribution in [2.24, 2.45) is 5.92 Å². The molecule has 0 saturated heterocycles. The van der Waals surface area contributed by atoms with E-state index in [0.29, 0.717) is 5.56 Å². The molecule has 1 aromatic carbocycles. The van der Waals surface area contributed by atoms with E-state index in [-0.39, 0.29) is 36.8 Å². The normalized spacial score (nSPS) is 21.3. The van der Waals surface area contributed by atoms with Crippen LogP contribution < -0.4 is 16.2 Å². The predicted molar refractivity (Wildman–Crippen MR) is 97.8 cm³/mol. The van der Waals surface area contributed by atoms with Gasteiger partial charge in [0, 0.05) is 12.5 Å². The summed E-state index contributed by atoms with van der Waals surface area (Å²) in [5, 5.41) is 15.6. The molecule has 1 aromatic heterocycles. The number of carbonyl (C=O) groups is 2. The van der Waals surface area contributed by atoms with Crippen molar-refractivity contribution in [1.82, 2.24) is 20.6 Å². The van der Waals surface area contributed by atoms with Crippen molar-refractivity contribution in [2.75, 3.05) is 0 Å². The molecule has 0 unspecified atom stereocenters. The van der Waals surface area contributed by atoms with E-state index in [2.05, 4.69) is 20.6 Å². The standard InChI is InChI=1S/C19H21FN4O4/c1-10-4-11(2-3-13(10)20)7-22-18(27)12-5-14(16(25)6-12)24-19(28)15-8-21-9-17(26)23-15/h2-4,8-9,12,14,16,25H,5-7H2,1H3,(H,22,27)(H,23,26)(H,24,28)/t12-,14-,16-/m0/s1. The van der Waals surface area contributed by atoms with Gasteiger partial charge in [-0.15, -0.1) is 0 Å². The molecule has 3 rings (SSSR count). The zero-order valence-electron chi connectivity index (χ0n) is 15.2. The monoisotopic (exact) mass is 388 g/mol. The third kappa shape index (κ3) is 4.61. The van der Waals surface area contributed by atoms with Crippen LogP contribution in [0.1, 0.15) is 34.5 Å². The number of carbonyl (C=O) groups excluding carboxylic acids is 2. The van der Waals surface area contributed by atoms with Crippen LogP contribution in [0.15, 0.2) is 35.4 Å². The molecule has 8 nitrogen and oxygen atoms in total. The highest BCUT2D eigenvalue weighted by Gasteiger charge is 2.37. The molecule has 9 heteroatoms. The minimum Gasteiger partial charge on any atom is -0.391 e. The number of hydrogen-bond donors (Lipinski definition) is 4. The zero-order valence-corrected chi connectivity index (χ0v) is 15.2. The van der Waals surface area contributed by atoms with Crippen molar-refractivity contribution in [3.63, 3.8) is 0 Å². The van der Waals surface area contributed by atoms with Crippen LogP contribution in [-0.4, -0.2) is 39.0 Å². The van der Waals surface area contributed by atoms with Gasteiger partial charge in [-0.05, 0) is 37.0 Å². The van der Waals surface area contributed by atoms with Gasteiger partial charge in [-0.3, -0.25) is 19.4 Å². The first-order valence-corrected chi connectivity index (χ1v) is 8.89. The van der Waals surface area contributed by atoms with E-state index in [0.717, 1.165) is 11.8 Å². The number of aliphatic hydroxyl groups is 1. The zero-order chi connectivity index (χ0) is 20.3. The molecule has 0 radical (unpaired) electrons. The van der Waals surface area contributed by atoms with Gasteiger partial charge in [0.1, 0.15) is 11.5 Å². The van der Waals surface area contributed by atoms with E-state index in [9.17, 15) is 23.9 Å². The van der Waals surface area contributed by atoms with Crippen LogP contribution in [0.5, 0.6) is 0 Å². The molecule has 0 bridgehead atoms.